The summed E-state index contributed by atoms with van der Waals surface area (Å²) in [7, 11) is 0. The van der Waals surface area contributed by atoms with Crippen LogP contribution in [-0.4, -0.2) is 35.5 Å². The molecule has 1 heterocycles. The zero-order valence-corrected chi connectivity index (χ0v) is 20.0. The van der Waals surface area contributed by atoms with Gasteiger partial charge in [0.25, 0.3) is 0 Å². The summed E-state index contributed by atoms with van der Waals surface area (Å²) in [4.78, 5) is 42.3. The molecule has 1 amide bonds. The number of likely N-dealkylation sites (tertiary alicyclic amines) is 1. The highest BCUT2D eigenvalue weighted by molar-refractivity contribution is 6.02. The third-order valence-electron chi connectivity index (χ3n) is 7.15. The molecule has 3 aromatic carbocycles. The number of Topliss-reactive ketones (excluding diaryl/α,β-unsaturated/α-hetero) is 2. The van der Waals surface area contributed by atoms with Gasteiger partial charge in [0.15, 0.2) is 11.6 Å². The summed E-state index contributed by atoms with van der Waals surface area (Å²) in [5, 5.41) is 0. The van der Waals surface area contributed by atoms with E-state index >= 15 is 0 Å². The summed E-state index contributed by atoms with van der Waals surface area (Å²) < 4.78 is 0. The van der Waals surface area contributed by atoms with Crippen LogP contribution in [0, 0.1) is 25.7 Å². The number of amides is 1. The van der Waals surface area contributed by atoms with Gasteiger partial charge >= 0.3 is 0 Å². The number of carbonyl (C=O) groups excluding carboxylic acids is 3. The van der Waals surface area contributed by atoms with E-state index in [9.17, 15) is 14.4 Å². The second-order valence-corrected chi connectivity index (χ2v) is 9.14. The van der Waals surface area contributed by atoms with E-state index < -0.39 is 11.8 Å². The van der Waals surface area contributed by atoms with E-state index in [1.54, 1.807) is 4.90 Å². The first-order valence-electron chi connectivity index (χ1n) is 11.9. The van der Waals surface area contributed by atoms with E-state index in [0.717, 1.165) is 16.7 Å². The third-order valence-corrected chi connectivity index (χ3v) is 7.15. The minimum absolute atomic E-state index is 0.0222. The predicted molar refractivity (Wildman–Crippen MR) is 134 cm³/mol. The van der Waals surface area contributed by atoms with E-state index in [4.69, 9.17) is 0 Å². The van der Waals surface area contributed by atoms with Crippen molar-refractivity contribution in [2.75, 3.05) is 13.1 Å². The highest BCUT2D eigenvalue weighted by Crippen LogP contribution is 2.42. The largest absolute Gasteiger partial charge is 0.341 e. The van der Waals surface area contributed by atoms with Gasteiger partial charge < -0.3 is 4.90 Å². The van der Waals surface area contributed by atoms with Gasteiger partial charge in [0.1, 0.15) is 0 Å². The van der Waals surface area contributed by atoms with Crippen LogP contribution in [0.3, 0.4) is 0 Å². The molecule has 1 fully saturated rings. The lowest BCUT2D eigenvalue weighted by atomic mass is 9.67. The summed E-state index contributed by atoms with van der Waals surface area (Å²) >= 11 is 0. The van der Waals surface area contributed by atoms with Crippen molar-refractivity contribution in [2.24, 2.45) is 11.8 Å². The molecule has 34 heavy (non-hydrogen) atoms. The monoisotopic (exact) mass is 453 g/mol. The molecule has 0 aliphatic carbocycles. The van der Waals surface area contributed by atoms with Crippen LogP contribution >= 0.6 is 0 Å². The summed E-state index contributed by atoms with van der Waals surface area (Å²) in [6, 6.07) is 24.5. The van der Waals surface area contributed by atoms with E-state index in [-0.39, 0.29) is 23.4 Å². The van der Waals surface area contributed by atoms with Crippen LogP contribution in [0.25, 0.3) is 0 Å². The van der Waals surface area contributed by atoms with Crippen molar-refractivity contribution >= 4 is 17.5 Å². The summed E-state index contributed by atoms with van der Waals surface area (Å²) in [6.07, 6.45) is 0.340. The third kappa shape index (κ3) is 4.58. The highest BCUT2D eigenvalue weighted by atomic mass is 16.2. The lowest BCUT2D eigenvalue weighted by Crippen LogP contribution is -2.52. The minimum Gasteiger partial charge on any atom is -0.341 e. The van der Waals surface area contributed by atoms with Crippen LogP contribution in [0.1, 0.15) is 56.7 Å². The summed E-state index contributed by atoms with van der Waals surface area (Å²) in [5.41, 5.74) is 4.46. The van der Waals surface area contributed by atoms with E-state index in [2.05, 4.69) is 19.9 Å². The Hall–Kier alpha value is -3.53. The predicted octanol–water partition coefficient (Wildman–Crippen LogP) is 5.64. The Bertz CT molecular complexity index is 1120. The first-order chi connectivity index (χ1) is 16.4. The Morgan fingerprint density at radius 2 is 1.24 bits per heavy atom. The first kappa shape index (κ1) is 23.6. The highest BCUT2D eigenvalue weighted by Gasteiger charge is 2.46. The molecule has 0 N–H and O–H groups in total. The second-order valence-electron chi connectivity index (χ2n) is 9.14. The SMILES string of the molecule is CCC(=O)N1C[C@H](C(=O)c2ccccc2)[C@@H](c2cccc(C)c2C)[C@H](C(=O)c2ccccc2)C1. The van der Waals surface area contributed by atoms with Gasteiger partial charge in [-0.15, -0.1) is 0 Å². The number of benzene rings is 3. The van der Waals surface area contributed by atoms with E-state index in [1.165, 1.54) is 0 Å². The molecule has 4 nitrogen and oxygen atoms in total. The van der Waals surface area contributed by atoms with Crippen molar-refractivity contribution in [1.29, 1.82) is 0 Å². The Labute approximate surface area is 201 Å². The molecular formula is C30H31NO3. The van der Waals surface area contributed by atoms with Gasteiger partial charge in [0.2, 0.25) is 5.91 Å². The lowest BCUT2D eigenvalue weighted by molar-refractivity contribution is -0.133. The van der Waals surface area contributed by atoms with Crippen molar-refractivity contribution < 1.29 is 14.4 Å². The number of hydrogen-bond donors (Lipinski definition) is 0. The standard InChI is InChI=1S/C30H31NO3/c1-4-27(32)31-18-25(29(33)22-13-7-5-8-14-22)28(24-17-11-12-20(2)21(24)3)26(19-31)30(34)23-15-9-6-10-16-23/h5-17,25-26,28H,4,18-19H2,1-3H3/t25-,26+,28+. The van der Waals surface area contributed by atoms with Crippen LogP contribution in [-0.2, 0) is 4.79 Å². The van der Waals surface area contributed by atoms with Gasteiger partial charge in [-0.2, -0.15) is 0 Å². The summed E-state index contributed by atoms with van der Waals surface area (Å²) in [6.45, 7) is 6.56. The molecule has 0 saturated carbocycles. The van der Waals surface area contributed by atoms with Gasteiger partial charge in [-0.25, -0.2) is 0 Å². The summed E-state index contributed by atoms with van der Waals surface area (Å²) in [5.74, 6) is -1.41. The fourth-order valence-corrected chi connectivity index (χ4v) is 5.18. The van der Waals surface area contributed by atoms with Crippen molar-refractivity contribution in [1.82, 2.24) is 4.90 Å². The zero-order valence-electron chi connectivity index (χ0n) is 20.0. The van der Waals surface area contributed by atoms with Crippen LogP contribution in [0.4, 0.5) is 0 Å². The van der Waals surface area contributed by atoms with Gasteiger partial charge in [0.05, 0.1) is 0 Å². The maximum atomic E-state index is 13.9. The number of hydrogen-bond acceptors (Lipinski definition) is 3. The first-order valence-corrected chi connectivity index (χ1v) is 11.9. The topological polar surface area (TPSA) is 54.5 Å². The molecule has 3 atom stereocenters. The Morgan fingerprint density at radius 1 is 0.735 bits per heavy atom. The molecule has 0 radical (unpaired) electrons. The lowest BCUT2D eigenvalue weighted by Gasteiger charge is -2.43. The zero-order chi connectivity index (χ0) is 24.2. The fourth-order valence-electron chi connectivity index (χ4n) is 5.18. The molecule has 4 heteroatoms. The van der Waals surface area contributed by atoms with Gasteiger partial charge in [0, 0.05) is 48.4 Å². The van der Waals surface area contributed by atoms with Crippen LogP contribution in [0.15, 0.2) is 78.9 Å². The van der Waals surface area contributed by atoms with Gasteiger partial charge in [-0.3, -0.25) is 14.4 Å². The quantitative estimate of drug-likeness (QED) is 0.454. The molecule has 1 aliphatic heterocycles. The number of nitrogens with zero attached hydrogens (tertiary/aromatic N) is 1. The Kier molecular flexibility index (Phi) is 7.06. The molecule has 0 bridgehead atoms. The normalized spacial score (nSPS) is 20.1. The van der Waals surface area contributed by atoms with Gasteiger partial charge in [-0.05, 0) is 30.5 Å². The minimum atomic E-state index is -0.509. The smallest absolute Gasteiger partial charge is 0.222 e. The number of carbonyl (C=O) groups is 3. The Balaban J connectivity index is 1.88. The molecule has 4 rings (SSSR count). The molecule has 1 saturated heterocycles. The van der Waals surface area contributed by atoms with Gasteiger partial charge in [-0.1, -0.05) is 85.8 Å². The second kappa shape index (κ2) is 10.2. The molecule has 0 spiro atoms. The molecule has 174 valence electrons. The average Bonchev–Trinajstić information content (AvgIpc) is 2.89. The van der Waals surface area contributed by atoms with Crippen molar-refractivity contribution in [2.45, 2.75) is 33.1 Å². The average molecular weight is 454 g/mol. The number of aryl methyl sites for hydroxylation is 1. The van der Waals surface area contributed by atoms with Crippen molar-refractivity contribution in [3.63, 3.8) is 0 Å². The molecule has 1 aliphatic rings. The molecule has 0 unspecified atom stereocenters. The fraction of sp³-hybridized carbons (Fsp3) is 0.300. The van der Waals surface area contributed by atoms with Crippen molar-refractivity contribution in [3.05, 3.63) is 107 Å². The Morgan fingerprint density at radius 3 is 1.71 bits per heavy atom. The molecular weight excluding hydrogens is 422 g/mol. The van der Waals surface area contributed by atoms with Crippen LogP contribution < -0.4 is 0 Å². The maximum Gasteiger partial charge on any atom is 0.222 e. The number of rotatable bonds is 6. The van der Waals surface area contributed by atoms with E-state index in [1.807, 2.05) is 79.7 Å². The van der Waals surface area contributed by atoms with E-state index in [0.29, 0.717) is 30.6 Å². The number of piperidine rings is 1. The van der Waals surface area contributed by atoms with Crippen LogP contribution in [0.2, 0.25) is 0 Å². The number of ketones is 2. The van der Waals surface area contributed by atoms with Crippen LogP contribution in [0.5, 0.6) is 0 Å². The molecule has 3 aromatic rings. The van der Waals surface area contributed by atoms with Crippen molar-refractivity contribution in [3.8, 4) is 0 Å². The molecule has 0 aromatic heterocycles. The maximum absolute atomic E-state index is 13.9.